The van der Waals surface area contributed by atoms with Gasteiger partial charge in [-0.1, -0.05) is 0 Å². The number of amides is 1. The Kier molecular flexibility index (Phi) is 4.65. The van der Waals surface area contributed by atoms with E-state index in [1.165, 1.54) is 0 Å². The standard InChI is InChI=1S/C15H18N2O3/c1-19-13-6-5-12(11-14(13)20-2)16-15(18)7-10-17-8-3-4-9-17/h3-6,8-9,11H,7,10H2,1-2H3,(H,16,18). The minimum atomic E-state index is -0.0362. The molecule has 0 saturated heterocycles. The molecular weight excluding hydrogens is 256 g/mol. The summed E-state index contributed by atoms with van der Waals surface area (Å²) in [6.07, 6.45) is 4.29. The van der Waals surface area contributed by atoms with Gasteiger partial charge in [-0.05, 0) is 24.3 Å². The highest BCUT2D eigenvalue weighted by atomic mass is 16.5. The lowest BCUT2D eigenvalue weighted by Gasteiger charge is -2.10. The number of ether oxygens (including phenoxy) is 2. The summed E-state index contributed by atoms with van der Waals surface area (Å²) in [5.74, 6) is 1.19. The zero-order chi connectivity index (χ0) is 14.4. The number of nitrogens with zero attached hydrogens (tertiary/aromatic N) is 1. The van der Waals surface area contributed by atoms with Gasteiger partial charge in [0.2, 0.25) is 5.91 Å². The van der Waals surface area contributed by atoms with Crippen LogP contribution in [0.15, 0.2) is 42.7 Å². The second kappa shape index (κ2) is 6.65. The second-order valence-electron chi connectivity index (χ2n) is 4.29. The number of nitrogens with one attached hydrogen (secondary N) is 1. The Morgan fingerprint density at radius 2 is 1.85 bits per heavy atom. The molecule has 0 spiro atoms. The summed E-state index contributed by atoms with van der Waals surface area (Å²) >= 11 is 0. The Bertz CT molecular complexity index is 565. The van der Waals surface area contributed by atoms with Crippen LogP contribution in [0.2, 0.25) is 0 Å². The Morgan fingerprint density at radius 1 is 1.15 bits per heavy atom. The molecule has 0 unspecified atom stereocenters. The number of rotatable bonds is 6. The number of anilines is 1. The van der Waals surface area contributed by atoms with Crippen molar-refractivity contribution in [2.24, 2.45) is 0 Å². The molecule has 1 N–H and O–H groups in total. The van der Waals surface area contributed by atoms with Gasteiger partial charge in [-0.3, -0.25) is 4.79 Å². The average Bonchev–Trinajstić information content (AvgIpc) is 2.98. The van der Waals surface area contributed by atoms with Gasteiger partial charge in [0.25, 0.3) is 0 Å². The third kappa shape index (κ3) is 3.54. The maximum absolute atomic E-state index is 11.9. The number of carbonyl (C=O) groups excluding carboxylic acids is 1. The van der Waals surface area contributed by atoms with E-state index in [1.807, 2.05) is 29.1 Å². The van der Waals surface area contributed by atoms with E-state index in [4.69, 9.17) is 9.47 Å². The van der Waals surface area contributed by atoms with Gasteiger partial charge in [-0.25, -0.2) is 0 Å². The number of aryl methyl sites for hydroxylation is 1. The molecule has 5 heteroatoms. The highest BCUT2D eigenvalue weighted by molar-refractivity contribution is 5.91. The quantitative estimate of drug-likeness (QED) is 0.880. The molecule has 1 amide bonds. The third-order valence-electron chi connectivity index (χ3n) is 2.93. The molecule has 1 aromatic heterocycles. The van der Waals surface area contributed by atoms with E-state index in [0.29, 0.717) is 30.2 Å². The normalized spacial score (nSPS) is 10.1. The zero-order valence-electron chi connectivity index (χ0n) is 11.6. The summed E-state index contributed by atoms with van der Waals surface area (Å²) in [5, 5.41) is 2.84. The van der Waals surface area contributed by atoms with Gasteiger partial charge < -0.3 is 19.4 Å². The van der Waals surface area contributed by atoms with E-state index < -0.39 is 0 Å². The number of benzene rings is 1. The van der Waals surface area contributed by atoms with Crippen molar-refractivity contribution in [1.82, 2.24) is 4.57 Å². The fourth-order valence-electron chi connectivity index (χ4n) is 1.89. The molecular formula is C15H18N2O3. The molecule has 20 heavy (non-hydrogen) atoms. The molecule has 0 aliphatic rings. The van der Waals surface area contributed by atoms with Crippen LogP contribution < -0.4 is 14.8 Å². The van der Waals surface area contributed by atoms with E-state index in [1.54, 1.807) is 32.4 Å². The molecule has 0 saturated carbocycles. The average molecular weight is 274 g/mol. The first-order valence-corrected chi connectivity index (χ1v) is 6.35. The van der Waals surface area contributed by atoms with Gasteiger partial charge in [0.1, 0.15) is 0 Å². The van der Waals surface area contributed by atoms with Crippen LogP contribution in [0.4, 0.5) is 5.69 Å². The molecule has 2 rings (SSSR count). The van der Waals surface area contributed by atoms with E-state index in [-0.39, 0.29) is 5.91 Å². The maximum Gasteiger partial charge on any atom is 0.226 e. The fourth-order valence-corrected chi connectivity index (χ4v) is 1.89. The third-order valence-corrected chi connectivity index (χ3v) is 2.93. The summed E-state index contributed by atoms with van der Waals surface area (Å²) in [6, 6.07) is 9.17. The van der Waals surface area contributed by atoms with Crippen LogP contribution in [0.25, 0.3) is 0 Å². The van der Waals surface area contributed by atoms with Crippen molar-refractivity contribution < 1.29 is 14.3 Å². The van der Waals surface area contributed by atoms with Crippen LogP contribution in [-0.2, 0) is 11.3 Å². The van der Waals surface area contributed by atoms with E-state index in [0.717, 1.165) is 0 Å². The summed E-state index contributed by atoms with van der Waals surface area (Å²) < 4.78 is 12.3. The van der Waals surface area contributed by atoms with Gasteiger partial charge in [0.05, 0.1) is 14.2 Å². The summed E-state index contributed by atoms with van der Waals surface area (Å²) in [5.41, 5.74) is 0.695. The van der Waals surface area contributed by atoms with Crippen molar-refractivity contribution in [3.05, 3.63) is 42.7 Å². The van der Waals surface area contributed by atoms with Crippen LogP contribution in [-0.4, -0.2) is 24.7 Å². The van der Waals surface area contributed by atoms with Crippen LogP contribution >= 0.6 is 0 Å². The number of aromatic nitrogens is 1. The Morgan fingerprint density at radius 3 is 2.50 bits per heavy atom. The molecule has 0 aliphatic heterocycles. The molecule has 0 atom stereocenters. The first-order chi connectivity index (χ1) is 9.72. The van der Waals surface area contributed by atoms with Gasteiger partial charge in [0, 0.05) is 37.1 Å². The number of methoxy groups -OCH3 is 2. The Hall–Kier alpha value is -2.43. The predicted molar refractivity (Wildman–Crippen MR) is 77.2 cm³/mol. The Labute approximate surface area is 118 Å². The smallest absolute Gasteiger partial charge is 0.226 e. The predicted octanol–water partition coefficient (Wildman–Crippen LogP) is 2.53. The molecule has 5 nitrogen and oxygen atoms in total. The fraction of sp³-hybridized carbons (Fsp3) is 0.267. The van der Waals surface area contributed by atoms with Crippen molar-refractivity contribution in [3.63, 3.8) is 0 Å². The molecule has 106 valence electrons. The number of hydrogen-bond acceptors (Lipinski definition) is 3. The summed E-state index contributed by atoms with van der Waals surface area (Å²) in [4.78, 5) is 11.9. The van der Waals surface area contributed by atoms with Gasteiger partial charge in [-0.2, -0.15) is 0 Å². The number of hydrogen-bond donors (Lipinski definition) is 1. The van der Waals surface area contributed by atoms with Crippen LogP contribution in [0, 0.1) is 0 Å². The lowest BCUT2D eigenvalue weighted by Crippen LogP contribution is -2.14. The number of carbonyl (C=O) groups is 1. The van der Waals surface area contributed by atoms with Gasteiger partial charge in [-0.15, -0.1) is 0 Å². The minimum absolute atomic E-state index is 0.0362. The van der Waals surface area contributed by atoms with E-state index in [2.05, 4.69) is 5.32 Å². The molecule has 2 aromatic rings. The highest BCUT2D eigenvalue weighted by Gasteiger charge is 2.07. The lowest BCUT2D eigenvalue weighted by atomic mass is 10.2. The summed E-state index contributed by atoms with van der Waals surface area (Å²) in [7, 11) is 3.14. The first-order valence-electron chi connectivity index (χ1n) is 6.35. The zero-order valence-corrected chi connectivity index (χ0v) is 11.6. The minimum Gasteiger partial charge on any atom is -0.493 e. The lowest BCUT2D eigenvalue weighted by molar-refractivity contribution is -0.116. The molecule has 1 aromatic carbocycles. The monoisotopic (exact) mass is 274 g/mol. The van der Waals surface area contributed by atoms with Crippen molar-refractivity contribution in [1.29, 1.82) is 0 Å². The van der Waals surface area contributed by atoms with Crippen LogP contribution in [0.5, 0.6) is 11.5 Å². The molecule has 1 heterocycles. The molecule has 0 aliphatic carbocycles. The van der Waals surface area contributed by atoms with Crippen molar-refractivity contribution >= 4 is 11.6 Å². The first kappa shape index (κ1) is 14.0. The topological polar surface area (TPSA) is 52.5 Å². The molecule has 0 fully saturated rings. The largest absolute Gasteiger partial charge is 0.493 e. The highest BCUT2D eigenvalue weighted by Crippen LogP contribution is 2.29. The summed E-state index contributed by atoms with van der Waals surface area (Å²) in [6.45, 7) is 0.659. The van der Waals surface area contributed by atoms with Gasteiger partial charge >= 0.3 is 0 Å². The van der Waals surface area contributed by atoms with Crippen molar-refractivity contribution in [2.75, 3.05) is 19.5 Å². The second-order valence-corrected chi connectivity index (χ2v) is 4.29. The van der Waals surface area contributed by atoms with Crippen molar-refractivity contribution in [3.8, 4) is 11.5 Å². The van der Waals surface area contributed by atoms with Gasteiger partial charge in [0.15, 0.2) is 11.5 Å². The van der Waals surface area contributed by atoms with Crippen LogP contribution in [0.1, 0.15) is 6.42 Å². The molecule has 0 bridgehead atoms. The molecule has 0 radical (unpaired) electrons. The maximum atomic E-state index is 11.9. The van der Waals surface area contributed by atoms with Crippen LogP contribution in [0.3, 0.4) is 0 Å². The SMILES string of the molecule is COc1ccc(NC(=O)CCn2cccc2)cc1OC. The Balaban J connectivity index is 1.93. The van der Waals surface area contributed by atoms with E-state index >= 15 is 0 Å². The van der Waals surface area contributed by atoms with Crippen molar-refractivity contribution in [2.45, 2.75) is 13.0 Å². The van der Waals surface area contributed by atoms with E-state index in [9.17, 15) is 4.79 Å².